The summed E-state index contributed by atoms with van der Waals surface area (Å²) in [4.78, 5) is 0. The van der Waals surface area contributed by atoms with E-state index in [-0.39, 0.29) is 52.2 Å². The van der Waals surface area contributed by atoms with Gasteiger partial charge in [0, 0.05) is 46.2 Å². The zero-order valence-corrected chi connectivity index (χ0v) is 29.2. The third-order valence-electron chi connectivity index (χ3n) is 12.1. The molecule has 0 saturated heterocycles. The molecule has 7 nitrogen and oxygen atoms in total. The molecule has 1 rings (SSSR count). The lowest BCUT2D eigenvalue weighted by Crippen LogP contribution is -2.59. The summed E-state index contributed by atoms with van der Waals surface area (Å²) in [5.74, 6) is -0.0396. The van der Waals surface area contributed by atoms with Crippen molar-refractivity contribution in [1.82, 2.24) is 0 Å². The summed E-state index contributed by atoms with van der Waals surface area (Å²) in [7, 11) is 0. The van der Waals surface area contributed by atoms with Crippen LogP contribution in [0.15, 0.2) is 0 Å². The molecule has 1 unspecified atom stereocenters. The highest BCUT2D eigenvalue weighted by atomic mass is 16.3. The van der Waals surface area contributed by atoms with Crippen LogP contribution in [-0.4, -0.2) is 82.0 Å². The molecular weight excluding hydrogens is 568 g/mol. The van der Waals surface area contributed by atoms with E-state index >= 15 is 0 Å². The quantitative estimate of drug-likeness (QED) is 0.107. The van der Waals surface area contributed by atoms with Crippen LogP contribution in [0.3, 0.4) is 0 Å². The molecule has 0 heterocycles. The molecule has 1 aliphatic carbocycles. The molecule has 0 aromatic carbocycles. The van der Waals surface area contributed by atoms with Gasteiger partial charge in [-0.1, -0.05) is 116 Å². The summed E-state index contributed by atoms with van der Waals surface area (Å²) in [5, 5.41) is 74.2. The molecule has 0 amide bonds. The Morgan fingerprint density at radius 2 is 0.689 bits per heavy atom. The van der Waals surface area contributed by atoms with Crippen LogP contribution >= 0.6 is 0 Å². The van der Waals surface area contributed by atoms with Crippen molar-refractivity contribution in [2.45, 2.75) is 173 Å². The molecule has 1 fully saturated rings. The smallest absolute Gasteiger partial charge is 0.0436 e. The zero-order valence-electron chi connectivity index (χ0n) is 29.2. The van der Waals surface area contributed by atoms with Crippen molar-refractivity contribution in [2.75, 3.05) is 46.2 Å². The van der Waals surface area contributed by atoms with Crippen LogP contribution < -0.4 is 0 Å². The second-order valence-corrected chi connectivity index (χ2v) is 14.5. The molecule has 0 bridgehead atoms. The topological polar surface area (TPSA) is 142 Å². The highest BCUT2D eigenvalue weighted by molar-refractivity contribution is 5.10. The summed E-state index contributed by atoms with van der Waals surface area (Å²) in [6, 6.07) is 0. The molecule has 7 heteroatoms. The van der Waals surface area contributed by atoms with Crippen molar-refractivity contribution in [1.29, 1.82) is 0 Å². The van der Waals surface area contributed by atoms with Crippen LogP contribution in [0.1, 0.15) is 173 Å². The lowest BCUT2D eigenvalue weighted by atomic mass is 9.40. The highest BCUT2D eigenvalue weighted by Crippen LogP contribution is 2.67. The van der Waals surface area contributed by atoms with E-state index in [1.54, 1.807) is 0 Å². The lowest BCUT2D eigenvalue weighted by molar-refractivity contribution is -0.183. The van der Waals surface area contributed by atoms with E-state index in [1.807, 2.05) is 0 Å². The monoisotopic (exact) mass is 645 g/mol. The fraction of sp³-hybridized carbons (Fsp3) is 1.00. The van der Waals surface area contributed by atoms with E-state index in [1.165, 1.54) is 83.5 Å². The van der Waals surface area contributed by atoms with Crippen molar-refractivity contribution >= 4 is 0 Å². The van der Waals surface area contributed by atoms with E-state index in [4.69, 9.17) is 0 Å². The molecule has 0 spiro atoms. The Labute approximate surface area is 277 Å². The second-order valence-electron chi connectivity index (χ2n) is 14.5. The number of rotatable bonds is 14. The number of aliphatic hydroxyl groups excluding tert-OH is 7. The molecule has 0 aromatic heterocycles. The summed E-state index contributed by atoms with van der Waals surface area (Å²) in [5.41, 5.74) is -2.05. The first-order chi connectivity index (χ1) is 22.0. The Balaban J connectivity index is 3.61. The Bertz CT molecular complexity index is 640. The first-order valence-corrected chi connectivity index (χ1v) is 19.3. The van der Waals surface area contributed by atoms with Crippen LogP contribution in [0.4, 0.5) is 0 Å². The summed E-state index contributed by atoms with van der Waals surface area (Å²) in [6.07, 6.45) is 26.5. The Morgan fingerprint density at radius 3 is 1.02 bits per heavy atom. The van der Waals surface area contributed by atoms with Crippen LogP contribution in [0.25, 0.3) is 0 Å². The van der Waals surface area contributed by atoms with Gasteiger partial charge in [-0.25, -0.2) is 0 Å². The maximum Gasteiger partial charge on any atom is 0.0436 e. The van der Waals surface area contributed by atoms with Gasteiger partial charge in [0.1, 0.15) is 0 Å². The Hall–Kier alpha value is -0.280. The molecular formula is C38H76O7. The molecule has 270 valence electrons. The molecule has 45 heavy (non-hydrogen) atoms. The molecule has 1 atom stereocenters. The van der Waals surface area contributed by atoms with Crippen molar-refractivity contribution in [3.63, 3.8) is 0 Å². The molecule has 0 aliphatic heterocycles. The molecule has 7 N–H and O–H groups in total. The predicted octanol–water partition coefficient (Wildman–Crippen LogP) is 7.05. The third kappa shape index (κ3) is 13.6. The summed E-state index contributed by atoms with van der Waals surface area (Å²) in [6.45, 7) is -0.602. The van der Waals surface area contributed by atoms with Crippen molar-refractivity contribution in [2.24, 2.45) is 22.2 Å². The maximum absolute atomic E-state index is 10.7. The number of aliphatic hydroxyl groups is 7. The first-order valence-electron chi connectivity index (χ1n) is 19.3. The third-order valence-corrected chi connectivity index (χ3v) is 12.1. The van der Waals surface area contributed by atoms with Crippen LogP contribution in [0, 0.1) is 22.2 Å². The summed E-state index contributed by atoms with van der Waals surface area (Å²) >= 11 is 0. The molecule has 0 radical (unpaired) electrons. The van der Waals surface area contributed by atoms with E-state index in [2.05, 4.69) is 0 Å². The van der Waals surface area contributed by atoms with Crippen LogP contribution in [-0.2, 0) is 0 Å². The van der Waals surface area contributed by atoms with Gasteiger partial charge in [-0.2, -0.15) is 0 Å². The van der Waals surface area contributed by atoms with Gasteiger partial charge in [0.2, 0.25) is 0 Å². The minimum absolute atomic E-state index is 0.00932. The zero-order chi connectivity index (χ0) is 33.1. The molecule has 0 aromatic rings. The minimum Gasteiger partial charge on any atom is -0.396 e. The first kappa shape index (κ1) is 42.7. The van der Waals surface area contributed by atoms with Gasteiger partial charge in [0.25, 0.3) is 0 Å². The van der Waals surface area contributed by atoms with E-state index in [9.17, 15) is 35.7 Å². The van der Waals surface area contributed by atoms with Gasteiger partial charge in [0.05, 0.1) is 0 Å². The summed E-state index contributed by atoms with van der Waals surface area (Å²) < 4.78 is 0. The number of hydrogen-bond acceptors (Lipinski definition) is 7. The normalized spacial score (nSPS) is 23.7. The largest absolute Gasteiger partial charge is 0.396 e. The van der Waals surface area contributed by atoms with Gasteiger partial charge in [-0.05, 0) is 80.0 Å². The van der Waals surface area contributed by atoms with Gasteiger partial charge < -0.3 is 35.7 Å². The predicted molar refractivity (Wildman–Crippen MR) is 185 cm³/mol. The van der Waals surface area contributed by atoms with Gasteiger partial charge >= 0.3 is 0 Å². The molecule has 1 aliphatic rings. The van der Waals surface area contributed by atoms with Crippen molar-refractivity contribution in [3.05, 3.63) is 0 Å². The Morgan fingerprint density at radius 1 is 0.356 bits per heavy atom. The number of hydrogen-bond donors (Lipinski definition) is 7. The van der Waals surface area contributed by atoms with E-state index < -0.39 is 16.2 Å². The average Bonchev–Trinajstić information content (AvgIpc) is 3.02. The van der Waals surface area contributed by atoms with Crippen LogP contribution in [0.2, 0.25) is 0 Å². The average molecular weight is 645 g/mol. The van der Waals surface area contributed by atoms with E-state index in [0.29, 0.717) is 44.9 Å². The van der Waals surface area contributed by atoms with Crippen molar-refractivity contribution < 1.29 is 35.7 Å². The van der Waals surface area contributed by atoms with E-state index in [0.717, 1.165) is 44.9 Å². The van der Waals surface area contributed by atoms with Gasteiger partial charge in [-0.15, -0.1) is 0 Å². The maximum atomic E-state index is 10.7. The van der Waals surface area contributed by atoms with Crippen molar-refractivity contribution in [3.8, 4) is 0 Å². The highest BCUT2D eigenvalue weighted by Gasteiger charge is 2.62. The fourth-order valence-corrected chi connectivity index (χ4v) is 9.92. The van der Waals surface area contributed by atoms with Crippen LogP contribution in [0.5, 0.6) is 0 Å². The lowest BCUT2D eigenvalue weighted by Gasteiger charge is -2.64. The SMILES string of the molecule is OCCC1CCCCCCCCCCCCCCCCCCCCC(CCO)(CCO)C(CCO)(CCO)C1(CCO)CCO. The standard InChI is InChI=1S/C38H76O7/c39-28-20-35-19-17-15-13-11-9-7-5-3-1-2-4-6-8-10-12-14-16-18-21-36(22-29-40,23-30-41)38(26-33-44,27-34-45)37(35,24-31-42)25-32-43/h35,39-45H,1-34H2. The Kier molecular flexibility index (Phi) is 25.3. The fourth-order valence-electron chi connectivity index (χ4n) is 9.92. The van der Waals surface area contributed by atoms with Gasteiger partial charge in [0.15, 0.2) is 0 Å². The molecule has 1 saturated carbocycles. The minimum atomic E-state index is -0.756. The van der Waals surface area contributed by atoms with Gasteiger partial charge in [-0.3, -0.25) is 0 Å². The second kappa shape index (κ2) is 26.6.